The number of hydrogen-bond donors (Lipinski definition) is 2. The summed E-state index contributed by atoms with van der Waals surface area (Å²) in [4.78, 5) is 37.4. The maximum atomic E-state index is 11.7. The van der Waals surface area contributed by atoms with Gasteiger partial charge in [0.15, 0.2) is 0 Å². The number of carbonyl (C=O) groups excluding carboxylic acids is 2. The summed E-state index contributed by atoms with van der Waals surface area (Å²) in [6.45, 7) is -0.302. The van der Waals surface area contributed by atoms with Crippen molar-refractivity contribution >= 4 is 23.7 Å². The normalized spacial score (nSPS) is 10.3. The van der Waals surface area contributed by atoms with E-state index < -0.39 is 16.7 Å². The molecule has 0 bridgehead atoms. The number of rotatable bonds is 6. The van der Waals surface area contributed by atoms with Crippen LogP contribution in [0.25, 0.3) is 0 Å². The molecular weight excluding hydrogens is 314 g/mol. The van der Waals surface area contributed by atoms with E-state index in [0.717, 1.165) is 6.21 Å². The number of carbonyl (C=O) groups is 2. The molecule has 0 aliphatic heterocycles. The standard InChI is InChI=1S/C15H13N5O4/c21-14(10-17-15(22)12-6-3-4-8-16-12)19-18-9-11-5-1-2-7-13(11)20(23)24/h1-9H,10H2,(H,17,22)(H,19,21). The molecule has 0 fully saturated rings. The lowest BCUT2D eigenvalue weighted by Crippen LogP contribution is -2.35. The molecule has 0 aliphatic rings. The molecule has 9 nitrogen and oxygen atoms in total. The van der Waals surface area contributed by atoms with E-state index in [9.17, 15) is 19.7 Å². The molecule has 1 aromatic carbocycles. The second kappa shape index (κ2) is 8.13. The van der Waals surface area contributed by atoms with Gasteiger partial charge in [0.05, 0.1) is 23.2 Å². The van der Waals surface area contributed by atoms with E-state index in [2.05, 4.69) is 20.8 Å². The van der Waals surface area contributed by atoms with Crippen molar-refractivity contribution in [2.45, 2.75) is 0 Å². The number of nitrogens with one attached hydrogen (secondary N) is 2. The van der Waals surface area contributed by atoms with Gasteiger partial charge in [0, 0.05) is 12.3 Å². The summed E-state index contributed by atoms with van der Waals surface area (Å²) in [6.07, 6.45) is 2.63. The molecule has 0 radical (unpaired) electrons. The van der Waals surface area contributed by atoms with E-state index in [1.807, 2.05) is 0 Å². The molecule has 2 rings (SSSR count). The van der Waals surface area contributed by atoms with Crippen LogP contribution in [-0.2, 0) is 4.79 Å². The lowest BCUT2D eigenvalue weighted by atomic mass is 10.2. The predicted octanol–water partition coefficient (Wildman–Crippen LogP) is 0.870. The van der Waals surface area contributed by atoms with Crippen LogP contribution in [0, 0.1) is 10.1 Å². The maximum absolute atomic E-state index is 11.7. The third-order valence-electron chi connectivity index (χ3n) is 2.83. The summed E-state index contributed by atoms with van der Waals surface area (Å²) in [5.74, 6) is -1.07. The lowest BCUT2D eigenvalue weighted by Gasteiger charge is -2.03. The fraction of sp³-hybridized carbons (Fsp3) is 0.0667. The third-order valence-corrected chi connectivity index (χ3v) is 2.83. The predicted molar refractivity (Wildman–Crippen MR) is 85.4 cm³/mol. The minimum absolute atomic E-state index is 0.126. The van der Waals surface area contributed by atoms with Crippen LogP contribution in [0.4, 0.5) is 5.69 Å². The molecule has 0 aliphatic carbocycles. The van der Waals surface area contributed by atoms with Gasteiger partial charge in [-0.25, -0.2) is 5.43 Å². The first kappa shape index (κ1) is 16.7. The quantitative estimate of drug-likeness (QED) is 0.462. The number of nitrogens with zero attached hydrogens (tertiary/aromatic N) is 3. The Labute approximate surface area is 136 Å². The van der Waals surface area contributed by atoms with E-state index in [1.54, 1.807) is 18.2 Å². The summed E-state index contributed by atoms with van der Waals surface area (Å²) in [5, 5.41) is 16.9. The van der Waals surface area contributed by atoms with E-state index in [0.29, 0.717) is 0 Å². The first-order valence-corrected chi connectivity index (χ1v) is 6.82. The van der Waals surface area contributed by atoms with Crippen LogP contribution in [0.5, 0.6) is 0 Å². The van der Waals surface area contributed by atoms with E-state index in [4.69, 9.17) is 0 Å². The van der Waals surface area contributed by atoms with Crippen LogP contribution in [-0.4, -0.2) is 34.5 Å². The van der Waals surface area contributed by atoms with Crippen LogP contribution in [0.2, 0.25) is 0 Å². The minimum Gasteiger partial charge on any atom is -0.342 e. The molecule has 0 unspecified atom stereocenters. The van der Waals surface area contributed by atoms with E-state index in [-0.39, 0.29) is 23.5 Å². The average Bonchev–Trinajstić information content (AvgIpc) is 2.60. The van der Waals surface area contributed by atoms with Gasteiger partial charge in [-0.1, -0.05) is 18.2 Å². The van der Waals surface area contributed by atoms with Crippen LogP contribution in [0.3, 0.4) is 0 Å². The highest BCUT2D eigenvalue weighted by atomic mass is 16.6. The van der Waals surface area contributed by atoms with Crippen LogP contribution in [0.15, 0.2) is 53.8 Å². The number of nitro benzene ring substituents is 1. The number of benzene rings is 1. The maximum Gasteiger partial charge on any atom is 0.278 e. The Kier molecular flexibility index (Phi) is 5.67. The van der Waals surface area contributed by atoms with Crippen molar-refractivity contribution in [1.82, 2.24) is 15.7 Å². The highest BCUT2D eigenvalue weighted by Crippen LogP contribution is 2.14. The Balaban J connectivity index is 1.85. The lowest BCUT2D eigenvalue weighted by molar-refractivity contribution is -0.385. The summed E-state index contributed by atoms with van der Waals surface area (Å²) < 4.78 is 0. The highest BCUT2D eigenvalue weighted by molar-refractivity contribution is 5.95. The first-order valence-electron chi connectivity index (χ1n) is 6.82. The van der Waals surface area contributed by atoms with Crippen molar-refractivity contribution in [1.29, 1.82) is 0 Å². The molecule has 2 aromatic rings. The van der Waals surface area contributed by atoms with Crippen molar-refractivity contribution in [2.75, 3.05) is 6.54 Å². The van der Waals surface area contributed by atoms with Crippen molar-refractivity contribution in [3.05, 3.63) is 70.0 Å². The Hall–Kier alpha value is -3.62. The zero-order valence-corrected chi connectivity index (χ0v) is 12.4. The van der Waals surface area contributed by atoms with Gasteiger partial charge in [-0.15, -0.1) is 0 Å². The third kappa shape index (κ3) is 4.70. The Bertz CT molecular complexity index is 776. The van der Waals surface area contributed by atoms with Crippen molar-refractivity contribution in [3.8, 4) is 0 Å². The molecule has 122 valence electrons. The molecule has 0 spiro atoms. The fourth-order valence-corrected chi connectivity index (χ4v) is 1.72. The topological polar surface area (TPSA) is 127 Å². The summed E-state index contributed by atoms with van der Waals surface area (Å²) in [5.41, 5.74) is 2.49. The molecule has 2 N–H and O–H groups in total. The number of aromatic nitrogens is 1. The van der Waals surface area contributed by atoms with Gasteiger partial charge >= 0.3 is 0 Å². The van der Waals surface area contributed by atoms with E-state index >= 15 is 0 Å². The zero-order valence-electron chi connectivity index (χ0n) is 12.4. The van der Waals surface area contributed by atoms with Crippen LogP contribution < -0.4 is 10.7 Å². The second-order valence-electron chi connectivity index (χ2n) is 4.51. The Morgan fingerprint density at radius 2 is 1.96 bits per heavy atom. The van der Waals surface area contributed by atoms with E-state index in [1.165, 1.54) is 30.5 Å². The summed E-state index contributed by atoms with van der Waals surface area (Å²) in [7, 11) is 0. The largest absolute Gasteiger partial charge is 0.342 e. The molecule has 0 saturated carbocycles. The van der Waals surface area contributed by atoms with Crippen molar-refractivity contribution < 1.29 is 14.5 Å². The van der Waals surface area contributed by atoms with Crippen LogP contribution >= 0.6 is 0 Å². The number of nitro groups is 1. The van der Waals surface area contributed by atoms with Gasteiger partial charge in [-0.05, 0) is 18.2 Å². The number of para-hydroxylation sites is 1. The fourth-order valence-electron chi connectivity index (χ4n) is 1.72. The molecular formula is C15H13N5O4. The highest BCUT2D eigenvalue weighted by Gasteiger charge is 2.10. The van der Waals surface area contributed by atoms with Gasteiger partial charge < -0.3 is 5.32 Å². The monoisotopic (exact) mass is 327 g/mol. The summed E-state index contributed by atoms with van der Waals surface area (Å²) in [6, 6.07) is 10.8. The smallest absolute Gasteiger partial charge is 0.278 e. The second-order valence-corrected chi connectivity index (χ2v) is 4.51. The molecule has 2 amide bonds. The first-order chi connectivity index (χ1) is 11.6. The molecule has 1 heterocycles. The van der Waals surface area contributed by atoms with Crippen LogP contribution in [0.1, 0.15) is 16.1 Å². The molecule has 0 saturated heterocycles. The summed E-state index contributed by atoms with van der Waals surface area (Å²) >= 11 is 0. The molecule has 24 heavy (non-hydrogen) atoms. The number of hydrogen-bond acceptors (Lipinski definition) is 6. The van der Waals surface area contributed by atoms with Crippen molar-refractivity contribution in [3.63, 3.8) is 0 Å². The Morgan fingerprint density at radius 1 is 1.21 bits per heavy atom. The number of hydrazone groups is 1. The number of amides is 2. The van der Waals surface area contributed by atoms with Gasteiger partial charge in [0.25, 0.3) is 17.5 Å². The average molecular weight is 327 g/mol. The zero-order chi connectivity index (χ0) is 17.4. The van der Waals surface area contributed by atoms with Gasteiger partial charge in [0.2, 0.25) is 0 Å². The SMILES string of the molecule is O=C(CNC(=O)c1ccccn1)NN=Cc1ccccc1[N+](=O)[O-]. The van der Waals surface area contributed by atoms with Gasteiger partial charge in [-0.3, -0.25) is 24.7 Å². The van der Waals surface area contributed by atoms with Gasteiger partial charge in [0.1, 0.15) is 5.69 Å². The molecule has 9 heteroatoms. The van der Waals surface area contributed by atoms with Gasteiger partial charge in [-0.2, -0.15) is 5.10 Å². The Morgan fingerprint density at radius 3 is 2.67 bits per heavy atom. The van der Waals surface area contributed by atoms with Crippen molar-refractivity contribution in [2.24, 2.45) is 5.10 Å². The molecule has 0 atom stereocenters. The number of pyridine rings is 1. The minimum atomic E-state index is -0.575. The molecule has 1 aromatic heterocycles.